The maximum Gasteiger partial charge on any atom is 0.359 e. The Morgan fingerprint density at radius 3 is 2.83 bits per heavy atom. The second kappa shape index (κ2) is 3.89. The van der Waals surface area contributed by atoms with Gasteiger partial charge in [-0.3, -0.25) is 0 Å². The zero-order valence-corrected chi connectivity index (χ0v) is 9.64. The van der Waals surface area contributed by atoms with Gasteiger partial charge in [-0.2, -0.15) is 0 Å². The van der Waals surface area contributed by atoms with Crippen LogP contribution in [0.1, 0.15) is 10.5 Å². The molecule has 3 aromatic rings. The molecule has 90 valence electrons. The molecule has 2 heterocycles. The largest absolute Gasteiger partial charge is 0.476 e. The van der Waals surface area contributed by atoms with Crippen LogP contribution in [-0.4, -0.2) is 16.2 Å². The van der Waals surface area contributed by atoms with Crippen molar-refractivity contribution in [3.8, 4) is 11.3 Å². The highest BCUT2D eigenvalue weighted by atomic mass is 35.5. The van der Waals surface area contributed by atoms with Gasteiger partial charge in [-0.15, -0.1) is 0 Å². The molecule has 3 rings (SSSR count). The number of hydrogen-bond donors (Lipinski definition) is 1. The number of aromatic nitrogens is 1. The van der Waals surface area contributed by atoms with Gasteiger partial charge < -0.3 is 14.0 Å². The van der Waals surface area contributed by atoms with Gasteiger partial charge in [0.05, 0.1) is 5.56 Å². The average molecular weight is 264 g/mol. The van der Waals surface area contributed by atoms with E-state index in [1.807, 2.05) is 18.2 Å². The number of para-hydroxylation sites is 1. The first kappa shape index (κ1) is 10.9. The minimum Gasteiger partial charge on any atom is -0.476 e. The first-order chi connectivity index (χ1) is 8.68. The quantitative estimate of drug-likeness (QED) is 0.766. The molecular weight excluding hydrogens is 258 g/mol. The van der Waals surface area contributed by atoms with Crippen LogP contribution in [0.2, 0.25) is 5.02 Å². The Hall–Kier alpha value is -2.27. The monoisotopic (exact) mass is 263 g/mol. The number of carboxylic acids is 1. The first-order valence-electron chi connectivity index (χ1n) is 5.03. The summed E-state index contributed by atoms with van der Waals surface area (Å²) in [4.78, 5) is 10.8. The van der Waals surface area contributed by atoms with Crippen LogP contribution in [-0.2, 0) is 0 Å². The molecule has 0 radical (unpaired) electrons. The number of aromatic carboxylic acids is 1. The van der Waals surface area contributed by atoms with Crippen molar-refractivity contribution in [2.24, 2.45) is 0 Å². The second-order valence-electron chi connectivity index (χ2n) is 3.62. The Balaban J connectivity index is 2.24. The summed E-state index contributed by atoms with van der Waals surface area (Å²) in [5.74, 6) is -1.04. The van der Waals surface area contributed by atoms with E-state index in [4.69, 9.17) is 25.6 Å². The summed E-state index contributed by atoms with van der Waals surface area (Å²) in [6, 6.07) is 7.29. The van der Waals surface area contributed by atoms with Crippen LogP contribution in [0.4, 0.5) is 0 Å². The van der Waals surface area contributed by atoms with E-state index in [0.717, 1.165) is 5.39 Å². The molecule has 0 aliphatic carbocycles. The Bertz CT molecular complexity index is 743. The minimum atomic E-state index is -1.23. The zero-order valence-electron chi connectivity index (χ0n) is 8.88. The van der Waals surface area contributed by atoms with Crippen molar-refractivity contribution in [2.45, 2.75) is 0 Å². The number of furan rings is 1. The molecule has 0 spiro atoms. The highest BCUT2D eigenvalue weighted by Gasteiger charge is 2.23. The maximum absolute atomic E-state index is 10.8. The number of benzene rings is 1. The molecule has 18 heavy (non-hydrogen) atoms. The predicted molar refractivity (Wildman–Crippen MR) is 63.7 cm³/mol. The smallest absolute Gasteiger partial charge is 0.359 e. The van der Waals surface area contributed by atoms with Crippen LogP contribution in [0.5, 0.6) is 0 Å². The van der Waals surface area contributed by atoms with Gasteiger partial charge in [0.15, 0.2) is 5.76 Å². The summed E-state index contributed by atoms with van der Waals surface area (Å²) in [6.45, 7) is 0. The molecule has 2 aromatic heterocycles. The standard InChI is InChI=1S/C12H6ClNO4/c13-9-10(12(15)16)14-18-11(9)7-5-17-8-4-2-1-3-6(7)8/h1-5H,(H,15,16). The molecule has 0 amide bonds. The third kappa shape index (κ3) is 1.48. The van der Waals surface area contributed by atoms with E-state index < -0.39 is 5.97 Å². The molecule has 0 fully saturated rings. The molecule has 0 unspecified atom stereocenters. The summed E-state index contributed by atoms with van der Waals surface area (Å²) >= 11 is 5.93. The molecule has 0 saturated carbocycles. The van der Waals surface area contributed by atoms with Crippen molar-refractivity contribution in [2.75, 3.05) is 0 Å². The highest BCUT2D eigenvalue weighted by Crippen LogP contribution is 2.36. The number of nitrogens with zero attached hydrogens (tertiary/aromatic N) is 1. The Labute approximate surface area is 106 Å². The van der Waals surface area contributed by atoms with Crippen molar-refractivity contribution in [1.82, 2.24) is 5.16 Å². The van der Waals surface area contributed by atoms with E-state index >= 15 is 0 Å². The van der Waals surface area contributed by atoms with Crippen LogP contribution in [0, 0.1) is 0 Å². The molecule has 1 N–H and O–H groups in total. The molecular formula is C12H6ClNO4. The SMILES string of the molecule is O=C(O)c1noc(-c2coc3ccccc23)c1Cl. The van der Waals surface area contributed by atoms with Gasteiger partial charge in [-0.05, 0) is 6.07 Å². The van der Waals surface area contributed by atoms with Crippen molar-refractivity contribution < 1.29 is 18.8 Å². The van der Waals surface area contributed by atoms with Gasteiger partial charge in [0.2, 0.25) is 5.69 Å². The molecule has 0 aliphatic rings. The number of carboxylic acid groups (broad SMARTS) is 1. The fraction of sp³-hybridized carbons (Fsp3) is 0. The molecule has 5 nitrogen and oxygen atoms in total. The van der Waals surface area contributed by atoms with Crippen LogP contribution in [0.3, 0.4) is 0 Å². The average Bonchev–Trinajstić information content (AvgIpc) is 2.92. The third-order valence-electron chi connectivity index (χ3n) is 2.56. The number of hydrogen-bond acceptors (Lipinski definition) is 4. The number of fused-ring (bicyclic) bond motifs is 1. The van der Waals surface area contributed by atoms with Gasteiger partial charge in [0.1, 0.15) is 16.9 Å². The summed E-state index contributed by atoms with van der Waals surface area (Å²) in [6.07, 6.45) is 1.46. The van der Waals surface area contributed by atoms with E-state index in [9.17, 15) is 4.79 Å². The Morgan fingerprint density at radius 1 is 1.33 bits per heavy atom. The number of carbonyl (C=O) groups is 1. The second-order valence-corrected chi connectivity index (χ2v) is 4.00. The van der Waals surface area contributed by atoms with Crippen LogP contribution < -0.4 is 0 Å². The van der Waals surface area contributed by atoms with Crippen molar-refractivity contribution in [1.29, 1.82) is 0 Å². The van der Waals surface area contributed by atoms with E-state index in [2.05, 4.69) is 5.16 Å². The number of halogens is 1. The first-order valence-corrected chi connectivity index (χ1v) is 5.41. The molecule has 1 aromatic carbocycles. The number of rotatable bonds is 2. The van der Waals surface area contributed by atoms with Crippen molar-refractivity contribution in [3.63, 3.8) is 0 Å². The van der Waals surface area contributed by atoms with E-state index in [0.29, 0.717) is 11.1 Å². The van der Waals surface area contributed by atoms with Crippen LogP contribution in [0.25, 0.3) is 22.3 Å². The summed E-state index contributed by atoms with van der Waals surface area (Å²) in [5, 5.41) is 13.0. The fourth-order valence-corrected chi connectivity index (χ4v) is 1.98. The van der Waals surface area contributed by atoms with Gasteiger partial charge in [-0.1, -0.05) is 35.0 Å². The predicted octanol–water partition coefficient (Wildman–Crippen LogP) is 3.44. The molecule has 0 atom stereocenters. The van der Waals surface area contributed by atoms with E-state index in [-0.39, 0.29) is 16.5 Å². The summed E-state index contributed by atoms with van der Waals surface area (Å²) in [5.41, 5.74) is 0.935. The van der Waals surface area contributed by atoms with Gasteiger partial charge in [0, 0.05) is 5.39 Å². The van der Waals surface area contributed by atoms with Gasteiger partial charge in [-0.25, -0.2) is 4.79 Å². The highest BCUT2D eigenvalue weighted by molar-refractivity contribution is 6.35. The molecule has 6 heteroatoms. The Kier molecular flexibility index (Phi) is 2.34. The maximum atomic E-state index is 10.8. The van der Waals surface area contributed by atoms with Crippen LogP contribution >= 0.6 is 11.6 Å². The van der Waals surface area contributed by atoms with Gasteiger partial charge in [0.25, 0.3) is 0 Å². The minimum absolute atomic E-state index is 0.0333. The topological polar surface area (TPSA) is 76.5 Å². The van der Waals surface area contributed by atoms with Crippen molar-refractivity contribution >= 4 is 28.5 Å². The third-order valence-corrected chi connectivity index (χ3v) is 2.91. The van der Waals surface area contributed by atoms with Crippen molar-refractivity contribution in [3.05, 3.63) is 41.2 Å². The normalized spacial score (nSPS) is 10.9. The summed E-state index contributed by atoms with van der Waals surface area (Å²) < 4.78 is 10.3. The molecule has 0 saturated heterocycles. The molecule has 0 aliphatic heterocycles. The van der Waals surface area contributed by atoms with Gasteiger partial charge >= 0.3 is 5.97 Å². The van der Waals surface area contributed by atoms with Crippen LogP contribution in [0.15, 0.2) is 39.5 Å². The lowest BCUT2D eigenvalue weighted by molar-refractivity contribution is 0.0686. The summed E-state index contributed by atoms with van der Waals surface area (Å²) in [7, 11) is 0. The lowest BCUT2D eigenvalue weighted by Crippen LogP contribution is -1.96. The lowest BCUT2D eigenvalue weighted by Gasteiger charge is -1.92. The zero-order chi connectivity index (χ0) is 12.7. The van der Waals surface area contributed by atoms with E-state index in [1.54, 1.807) is 6.07 Å². The van der Waals surface area contributed by atoms with E-state index in [1.165, 1.54) is 6.26 Å². The Morgan fingerprint density at radius 2 is 2.11 bits per heavy atom. The lowest BCUT2D eigenvalue weighted by atomic mass is 10.1. The molecule has 0 bridgehead atoms. The fourth-order valence-electron chi connectivity index (χ4n) is 1.73.